The summed E-state index contributed by atoms with van der Waals surface area (Å²) < 4.78 is 2.88. The lowest BCUT2D eigenvalue weighted by atomic mass is 10.2. The molecule has 0 aliphatic rings. The Bertz CT molecular complexity index is 767. The zero-order chi connectivity index (χ0) is 14.9. The molecule has 20 heavy (non-hydrogen) atoms. The smallest absolute Gasteiger partial charge is 0.297 e. The summed E-state index contributed by atoms with van der Waals surface area (Å²) in [6.07, 6.45) is 2.58. The number of hydrogen-bond donors (Lipinski definition) is 0. The third-order valence-electron chi connectivity index (χ3n) is 3.49. The van der Waals surface area contributed by atoms with Gasteiger partial charge in [-0.25, -0.2) is 4.79 Å². The number of rotatable bonds is 5. The fourth-order valence-corrected chi connectivity index (χ4v) is 3.45. The van der Waals surface area contributed by atoms with E-state index in [9.17, 15) is 14.4 Å². The van der Waals surface area contributed by atoms with Gasteiger partial charge in [0, 0.05) is 13.1 Å². The van der Waals surface area contributed by atoms with Crippen LogP contribution in [-0.4, -0.2) is 15.4 Å². The maximum absolute atomic E-state index is 12.4. The van der Waals surface area contributed by atoms with Gasteiger partial charge >= 0.3 is 5.69 Å². The van der Waals surface area contributed by atoms with Gasteiger partial charge in [0.2, 0.25) is 0 Å². The summed E-state index contributed by atoms with van der Waals surface area (Å²) in [6.45, 7) is 6.50. The number of aldehydes is 1. The van der Waals surface area contributed by atoms with E-state index in [0.717, 1.165) is 19.1 Å². The molecule has 0 saturated carbocycles. The molecule has 2 aromatic heterocycles. The highest BCUT2D eigenvalue weighted by molar-refractivity contribution is 7.20. The van der Waals surface area contributed by atoms with Crippen LogP contribution < -0.4 is 11.2 Å². The lowest BCUT2D eigenvalue weighted by molar-refractivity contribution is 0.112. The van der Waals surface area contributed by atoms with Crippen LogP contribution in [0.5, 0.6) is 0 Å². The Morgan fingerprint density at radius 2 is 1.90 bits per heavy atom. The van der Waals surface area contributed by atoms with Crippen LogP contribution in [0, 0.1) is 6.92 Å². The van der Waals surface area contributed by atoms with Gasteiger partial charge in [0.15, 0.2) is 6.29 Å². The quantitative estimate of drug-likeness (QED) is 0.794. The van der Waals surface area contributed by atoms with Crippen LogP contribution in [0.2, 0.25) is 0 Å². The molecule has 2 aromatic rings. The zero-order valence-corrected chi connectivity index (χ0v) is 12.7. The molecule has 0 spiro atoms. The minimum Gasteiger partial charge on any atom is -0.297 e. The van der Waals surface area contributed by atoms with Crippen molar-refractivity contribution in [3.63, 3.8) is 0 Å². The fourth-order valence-electron chi connectivity index (χ4n) is 2.32. The number of carbonyl (C=O) groups is 1. The van der Waals surface area contributed by atoms with Crippen molar-refractivity contribution in [1.82, 2.24) is 9.13 Å². The van der Waals surface area contributed by atoms with Crippen molar-refractivity contribution in [2.75, 3.05) is 0 Å². The number of aryl methyl sites for hydroxylation is 2. The molecule has 2 rings (SSSR count). The van der Waals surface area contributed by atoms with Gasteiger partial charge in [-0.15, -0.1) is 11.3 Å². The van der Waals surface area contributed by atoms with Crippen molar-refractivity contribution >= 4 is 27.8 Å². The van der Waals surface area contributed by atoms with Crippen LogP contribution >= 0.6 is 11.3 Å². The maximum atomic E-state index is 12.4. The normalized spacial score (nSPS) is 11.2. The lowest BCUT2D eigenvalue weighted by Crippen LogP contribution is -2.39. The van der Waals surface area contributed by atoms with Crippen LogP contribution in [0.1, 0.15) is 41.9 Å². The Hall–Kier alpha value is -1.69. The first-order valence-electron chi connectivity index (χ1n) is 6.78. The predicted molar refractivity (Wildman–Crippen MR) is 81.1 cm³/mol. The molecular weight excluding hydrogens is 276 g/mol. The van der Waals surface area contributed by atoms with Crippen molar-refractivity contribution in [2.24, 2.45) is 0 Å². The highest BCUT2D eigenvalue weighted by Crippen LogP contribution is 2.26. The summed E-state index contributed by atoms with van der Waals surface area (Å²) in [5, 5.41) is 0.509. The number of thiophene rings is 1. The van der Waals surface area contributed by atoms with Gasteiger partial charge in [0.1, 0.15) is 4.83 Å². The summed E-state index contributed by atoms with van der Waals surface area (Å²) in [5.74, 6) is 0. The molecule has 0 N–H and O–H groups in total. The molecule has 5 nitrogen and oxygen atoms in total. The number of unbranched alkanes of at least 4 members (excludes halogenated alkanes) is 1. The Morgan fingerprint density at radius 1 is 1.20 bits per heavy atom. The summed E-state index contributed by atoms with van der Waals surface area (Å²) in [6, 6.07) is 0. The van der Waals surface area contributed by atoms with Crippen molar-refractivity contribution in [2.45, 2.75) is 46.7 Å². The molecule has 108 valence electrons. The van der Waals surface area contributed by atoms with Crippen molar-refractivity contribution < 1.29 is 4.79 Å². The maximum Gasteiger partial charge on any atom is 0.332 e. The largest absolute Gasteiger partial charge is 0.332 e. The Balaban J connectivity index is 2.92. The standard InChI is InChI=1S/C14H18N2O3S/c1-4-6-7-16-13-11(9(3)10(8-17)20-13)12(18)15(5-2)14(16)19/h8H,4-7H2,1-3H3. The summed E-state index contributed by atoms with van der Waals surface area (Å²) >= 11 is 1.23. The van der Waals surface area contributed by atoms with Gasteiger partial charge in [-0.3, -0.25) is 18.7 Å². The minimum atomic E-state index is -0.290. The first-order chi connectivity index (χ1) is 9.56. The highest BCUT2D eigenvalue weighted by atomic mass is 32.1. The fraction of sp³-hybridized carbons (Fsp3) is 0.500. The topological polar surface area (TPSA) is 61.1 Å². The molecule has 0 aromatic carbocycles. The Labute approximate surface area is 120 Å². The summed E-state index contributed by atoms with van der Waals surface area (Å²) in [5.41, 5.74) is 0.108. The van der Waals surface area contributed by atoms with E-state index in [0.29, 0.717) is 33.7 Å². The summed E-state index contributed by atoms with van der Waals surface area (Å²) in [4.78, 5) is 37.0. The average Bonchev–Trinajstić information content (AvgIpc) is 2.76. The van der Waals surface area contributed by atoms with E-state index < -0.39 is 0 Å². The molecular formula is C14H18N2O3S. The molecule has 0 aliphatic carbocycles. The monoisotopic (exact) mass is 294 g/mol. The van der Waals surface area contributed by atoms with Gasteiger partial charge in [-0.05, 0) is 25.8 Å². The Kier molecular flexibility index (Phi) is 4.23. The molecule has 2 heterocycles. The van der Waals surface area contributed by atoms with E-state index in [2.05, 4.69) is 6.92 Å². The van der Waals surface area contributed by atoms with Gasteiger partial charge in [-0.2, -0.15) is 0 Å². The molecule has 0 bridgehead atoms. The van der Waals surface area contributed by atoms with Crippen LogP contribution in [-0.2, 0) is 13.1 Å². The van der Waals surface area contributed by atoms with Gasteiger partial charge < -0.3 is 0 Å². The molecule has 0 aliphatic heterocycles. The first-order valence-corrected chi connectivity index (χ1v) is 7.60. The number of nitrogens with zero attached hydrogens (tertiary/aromatic N) is 2. The van der Waals surface area contributed by atoms with Crippen molar-refractivity contribution in [3.8, 4) is 0 Å². The van der Waals surface area contributed by atoms with E-state index in [-0.39, 0.29) is 11.2 Å². The molecule has 6 heteroatoms. The third kappa shape index (κ3) is 2.14. The zero-order valence-electron chi connectivity index (χ0n) is 11.9. The van der Waals surface area contributed by atoms with Gasteiger partial charge in [-0.1, -0.05) is 13.3 Å². The second kappa shape index (κ2) is 5.75. The van der Waals surface area contributed by atoms with Crippen LogP contribution in [0.4, 0.5) is 0 Å². The van der Waals surface area contributed by atoms with E-state index in [1.54, 1.807) is 18.4 Å². The lowest BCUT2D eigenvalue weighted by Gasteiger charge is -2.10. The van der Waals surface area contributed by atoms with Crippen LogP contribution in [0.25, 0.3) is 10.2 Å². The van der Waals surface area contributed by atoms with Crippen molar-refractivity contribution in [3.05, 3.63) is 31.3 Å². The van der Waals surface area contributed by atoms with Gasteiger partial charge in [0.25, 0.3) is 5.56 Å². The minimum absolute atomic E-state index is 0.280. The average molecular weight is 294 g/mol. The number of aromatic nitrogens is 2. The molecule has 0 amide bonds. The second-order valence-corrected chi connectivity index (χ2v) is 5.76. The van der Waals surface area contributed by atoms with E-state index in [1.165, 1.54) is 15.9 Å². The van der Waals surface area contributed by atoms with E-state index >= 15 is 0 Å². The summed E-state index contributed by atoms with van der Waals surface area (Å²) in [7, 11) is 0. The van der Waals surface area contributed by atoms with Crippen molar-refractivity contribution in [1.29, 1.82) is 0 Å². The molecule has 0 saturated heterocycles. The first kappa shape index (κ1) is 14.7. The number of hydrogen-bond acceptors (Lipinski definition) is 4. The SMILES string of the molecule is CCCCn1c(=O)n(CC)c(=O)c2c(C)c(C=O)sc21. The van der Waals surface area contributed by atoms with E-state index in [1.807, 2.05) is 0 Å². The third-order valence-corrected chi connectivity index (χ3v) is 4.73. The molecule has 0 fully saturated rings. The Morgan fingerprint density at radius 3 is 2.45 bits per heavy atom. The van der Waals surface area contributed by atoms with Crippen LogP contribution in [0.15, 0.2) is 9.59 Å². The molecule has 0 radical (unpaired) electrons. The molecule has 0 unspecified atom stereocenters. The van der Waals surface area contributed by atoms with Crippen LogP contribution in [0.3, 0.4) is 0 Å². The number of fused-ring (bicyclic) bond motifs is 1. The highest BCUT2D eigenvalue weighted by Gasteiger charge is 2.18. The van der Waals surface area contributed by atoms with E-state index in [4.69, 9.17) is 0 Å². The second-order valence-electron chi connectivity index (χ2n) is 4.73. The molecule has 0 atom stereocenters. The predicted octanol–water partition coefficient (Wildman–Crippen LogP) is 2.17. The van der Waals surface area contributed by atoms with Gasteiger partial charge in [0.05, 0.1) is 10.3 Å². The number of carbonyl (C=O) groups excluding carboxylic acids is 1.